The topological polar surface area (TPSA) is 103 Å². The van der Waals surface area contributed by atoms with Crippen LogP contribution in [-0.4, -0.2) is 42.1 Å². The van der Waals surface area contributed by atoms with E-state index in [2.05, 4.69) is 31.0 Å². The Morgan fingerprint density at radius 2 is 2.00 bits per heavy atom. The highest BCUT2D eigenvalue weighted by Crippen LogP contribution is 2.11. The molecular weight excluding hydrogens is 320 g/mol. The van der Waals surface area contributed by atoms with Gasteiger partial charge in [0.1, 0.15) is 6.54 Å². The molecule has 2 aromatic heterocycles. The van der Waals surface area contributed by atoms with Crippen molar-refractivity contribution in [2.24, 2.45) is 12.1 Å². The molecule has 0 fully saturated rings. The van der Waals surface area contributed by atoms with Gasteiger partial charge in [0.2, 0.25) is 5.82 Å². The molecular formula is C16H18N8O. The summed E-state index contributed by atoms with van der Waals surface area (Å²) in [7, 11) is 1.86. The first-order valence-electron chi connectivity index (χ1n) is 7.70. The van der Waals surface area contributed by atoms with Crippen molar-refractivity contribution in [1.82, 2.24) is 35.4 Å². The van der Waals surface area contributed by atoms with E-state index in [1.54, 1.807) is 10.9 Å². The molecule has 0 unspecified atom stereocenters. The highest BCUT2D eigenvalue weighted by Gasteiger charge is 2.09. The van der Waals surface area contributed by atoms with Crippen LogP contribution in [0.3, 0.4) is 0 Å². The molecule has 0 spiro atoms. The van der Waals surface area contributed by atoms with Crippen LogP contribution in [0.2, 0.25) is 0 Å². The first kappa shape index (κ1) is 16.5. The van der Waals surface area contributed by atoms with E-state index >= 15 is 0 Å². The number of amides is 1. The second-order valence-corrected chi connectivity index (χ2v) is 5.51. The molecule has 0 saturated heterocycles. The van der Waals surface area contributed by atoms with Gasteiger partial charge in [0.25, 0.3) is 5.91 Å². The van der Waals surface area contributed by atoms with Crippen molar-refractivity contribution in [3.05, 3.63) is 47.3 Å². The van der Waals surface area contributed by atoms with Crippen LogP contribution >= 0.6 is 0 Å². The molecule has 0 saturated carbocycles. The number of rotatable bonds is 5. The first-order valence-corrected chi connectivity index (χ1v) is 7.70. The van der Waals surface area contributed by atoms with Gasteiger partial charge in [-0.1, -0.05) is 30.3 Å². The molecule has 2 heterocycles. The normalized spacial score (nSPS) is 11.2. The molecule has 128 valence electrons. The molecule has 0 aliphatic rings. The zero-order chi connectivity index (χ0) is 17.8. The number of hydrogen-bond donors (Lipinski definition) is 1. The minimum atomic E-state index is -0.340. The number of carbonyl (C=O) groups is 1. The molecule has 0 aliphatic heterocycles. The number of hydrogen-bond acceptors (Lipinski definition) is 6. The number of nitrogens with one attached hydrogen (secondary N) is 1. The van der Waals surface area contributed by atoms with Gasteiger partial charge in [-0.15, -0.1) is 10.2 Å². The summed E-state index contributed by atoms with van der Waals surface area (Å²) < 4.78 is 1.77. The van der Waals surface area contributed by atoms with Gasteiger partial charge < -0.3 is 0 Å². The Morgan fingerprint density at radius 3 is 2.68 bits per heavy atom. The first-order chi connectivity index (χ1) is 12.0. The van der Waals surface area contributed by atoms with Crippen LogP contribution in [0.4, 0.5) is 0 Å². The molecule has 1 N–H and O–H groups in total. The lowest BCUT2D eigenvalue weighted by atomic mass is 10.2. The molecule has 0 atom stereocenters. The summed E-state index contributed by atoms with van der Waals surface area (Å²) in [5.74, 6) is 0.131. The van der Waals surface area contributed by atoms with Crippen molar-refractivity contribution in [3.8, 4) is 11.4 Å². The number of tetrazole rings is 1. The summed E-state index contributed by atoms with van der Waals surface area (Å²) in [5.41, 5.74) is 6.01. The SMILES string of the molecule is Cc1nn(C)c(C)c1/C=N\NC(=O)Cn1nnc(-c2ccccc2)n1. The van der Waals surface area contributed by atoms with Gasteiger partial charge in [-0.05, 0) is 19.1 Å². The number of nitrogens with zero attached hydrogens (tertiary/aromatic N) is 7. The van der Waals surface area contributed by atoms with Crippen molar-refractivity contribution >= 4 is 12.1 Å². The van der Waals surface area contributed by atoms with E-state index in [4.69, 9.17) is 0 Å². The zero-order valence-corrected chi connectivity index (χ0v) is 14.2. The van der Waals surface area contributed by atoms with Crippen LogP contribution in [0.15, 0.2) is 35.4 Å². The molecule has 0 aliphatic carbocycles. The highest BCUT2D eigenvalue weighted by atomic mass is 16.2. The van der Waals surface area contributed by atoms with Gasteiger partial charge in [0.05, 0.1) is 11.9 Å². The minimum absolute atomic E-state index is 0.0673. The average molecular weight is 338 g/mol. The van der Waals surface area contributed by atoms with E-state index in [1.165, 1.54) is 4.80 Å². The van der Waals surface area contributed by atoms with Crippen molar-refractivity contribution in [2.75, 3.05) is 0 Å². The van der Waals surface area contributed by atoms with Crippen LogP contribution in [0.1, 0.15) is 17.0 Å². The maximum absolute atomic E-state index is 11.9. The average Bonchev–Trinajstić information content (AvgIpc) is 3.15. The van der Waals surface area contributed by atoms with E-state index in [0.29, 0.717) is 5.82 Å². The van der Waals surface area contributed by atoms with Gasteiger partial charge in [-0.25, -0.2) is 5.43 Å². The van der Waals surface area contributed by atoms with Gasteiger partial charge in [0, 0.05) is 23.9 Å². The lowest BCUT2D eigenvalue weighted by Gasteiger charge is -1.98. The quantitative estimate of drug-likeness (QED) is 0.548. The Bertz CT molecular complexity index is 910. The maximum atomic E-state index is 11.9. The lowest BCUT2D eigenvalue weighted by molar-refractivity contribution is -0.122. The molecule has 0 radical (unpaired) electrons. The molecule has 1 amide bonds. The molecule has 3 rings (SSSR count). The third-order valence-electron chi connectivity index (χ3n) is 3.72. The Kier molecular flexibility index (Phi) is 4.64. The maximum Gasteiger partial charge on any atom is 0.263 e. The predicted molar refractivity (Wildman–Crippen MR) is 91.7 cm³/mol. The van der Waals surface area contributed by atoms with Crippen molar-refractivity contribution in [3.63, 3.8) is 0 Å². The van der Waals surface area contributed by atoms with Crippen LogP contribution in [0, 0.1) is 13.8 Å². The van der Waals surface area contributed by atoms with Crippen LogP contribution < -0.4 is 5.43 Å². The Labute approximate surface area is 144 Å². The number of carbonyl (C=O) groups excluding carboxylic acids is 1. The fourth-order valence-electron chi connectivity index (χ4n) is 2.32. The minimum Gasteiger partial charge on any atom is -0.272 e. The summed E-state index contributed by atoms with van der Waals surface area (Å²) in [6.07, 6.45) is 1.58. The van der Waals surface area contributed by atoms with Gasteiger partial charge in [0.15, 0.2) is 0 Å². The van der Waals surface area contributed by atoms with Crippen LogP contribution in [-0.2, 0) is 18.4 Å². The summed E-state index contributed by atoms with van der Waals surface area (Å²) in [5, 5.41) is 20.3. The predicted octanol–water partition coefficient (Wildman–Crippen LogP) is 0.841. The van der Waals surface area contributed by atoms with Gasteiger partial charge >= 0.3 is 0 Å². The van der Waals surface area contributed by atoms with E-state index in [9.17, 15) is 4.79 Å². The van der Waals surface area contributed by atoms with Crippen LogP contribution in [0.5, 0.6) is 0 Å². The number of hydrazone groups is 1. The largest absolute Gasteiger partial charge is 0.272 e. The molecule has 3 aromatic rings. The zero-order valence-electron chi connectivity index (χ0n) is 14.2. The Morgan fingerprint density at radius 1 is 1.24 bits per heavy atom. The fourth-order valence-corrected chi connectivity index (χ4v) is 2.32. The highest BCUT2D eigenvalue weighted by molar-refractivity contribution is 5.84. The van der Waals surface area contributed by atoms with E-state index in [0.717, 1.165) is 22.5 Å². The Balaban J connectivity index is 1.60. The molecule has 9 nitrogen and oxygen atoms in total. The summed E-state index contributed by atoms with van der Waals surface area (Å²) >= 11 is 0. The molecule has 1 aromatic carbocycles. The standard InChI is InChI=1S/C16H18N8O/c1-11-14(12(2)23(3)20-11)9-17-18-15(25)10-24-21-16(19-22-24)13-7-5-4-6-8-13/h4-9H,10H2,1-3H3,(H,18,25)/b17-9-. The summed E-state index contributed by atoms with van der Waals surface area (Å²) in [6.45, 7) is 3.76. The lowest BCUT2D eigenvalue weighted by Crippen LogP contribution is -2.24. The smallest absolute Gasteiger partial charge is 0.263 e. The third kappa shape index (κ3) is 3.77. The number of benzene rings is 1. The summed E-state index contributed by atoms with van der Waals surface area (Å²) in [6, 6.07) is 9.44. The van der Waals surface area contributed by atoms with Gasteiger partial charge in [-0.3, -0.25) is 9.48 Å². The molecule has 25 heavy (non-hydrogen) atoms. The third-order valence-corrected chi connectivity index (χ3v) is 3.72. The van der Waals surface area contributed by atoms with Crippen molar-refractivity contribution < 1.29 is 4.79 Å². The van der Waals surface area contributed by atoms with Crippen molar-refractivity contribution in [1.29, 1.82) is 0 Å². The van der Waals surface area contributed by atoms with Crippen LogP contribution in [0.25, 0.3) is 11.4 Å². The molecule has 0 bridgehead atoms. The number of aromatic nitrogens is 6. The van der Waals surface area contributed by atoms with Gasteiger partial charge in [-0.2, -0.15) is 15.0 Å². The fraction of sp³-hybridized carbons (Fsp3) is 0.250. The Hall–Kier alpha value is -3.36. The molecule has 9 heteroatoms. The van der Waals surface area contributed by atoms with E-state index in [1.807, 2.05) is 51.2 Å². The van der Waals surface area contributed by atoms with Crippen molar-refractivity contribution in [2.45, 2.75) is 20.4 Å². The second-order valence-electron chi connectivity index (χ2n) is 5.51. The summed E-state index contributed by atoms with van der Waals surface area (Å²) in [4.78, 5) is 13.2. The monoisotopic (exact) mass is 338 g/mol. The second kappa shape index (κ2) is 7.04. The van der Waals surface area contributed by atoms with E-state index in [-0.39, 0.29) is 12.5 Å². The van der Waals surface area contributed by atoms with E-state index < -0.39 is 0 Å². The number of aryl methyl sites for hydroxylation is 2.